The van der Waals surface area contributed by atoms with E-state index in [2.05, 4.69) is 150 Å². The molecule has 0 heterocycles. The molecule has 0 aliphatic carbocycles. The Hall–Kier alpha value is 1.36. The van der Waals surface area contributed by atoms with Crippen molar-refractivity contribution in [3.63, 3.8) is 0 Å². The van der Waals surface area contributed by atoms with Gasteiger partial charge in [-0.05, 0) is 99.1 Å². The number of methoxy groups -OCH3 is 1. The molecule has 0 N–H and O–H groups in total. The van der Waals surface area contributed by atoms with Crippen LogP contribution in [0.1, 0.15) is 25.0 Å². The highest BCUT2D eigenvalue weighted by Gasteiger charge is 2.27. The van der Waals surface area contributed by atoms with E-state index in [0.717, 1.165) is 45.8 Å². The van der Waals surface area contributed by atoms with Gasteiger partial charge in [-0.25, -0.2) is 0 Å². The van der Waals surface area contributed by atoms with Gasteiger partial charge < -0.3 is 14.2 Å². The molecule has 0 bridgehead atoms. The molecule has 2 unspecified atom stereocenters. The van der Waals surface area contributed by atoms with Gasteiger partial charge >= 0.3 is 0 Å². The first-order chi connectivity index (χ1) is 15.0. The van der Waals surface area contributed by atoms with E-state index in [1.807, 2.05) is 0 Å². The highest BCUT2D eigenvalue weighted by molar-refractivity contribution is 9.12. The van der Waals surface area contributed by atoms with E-state index in [4.69, 9.17) is 14.2 Å². The Kier molecular flexibility index (Phi) is 12.6. The fraction of sp³-hybridized carbons (Fsp3) is 0.455. The molecule has 0 spiro atoms. The summed E-state index contributed by atoms with van der Waals surface area (Å²) in [5.74, 6) is 1.56. The van der Waals surface area contributed by atoms with E-state index in [1.54, 1.807) is 7.11 Å². The van der Waals surface area contributed by atoms with Crippen molar-refractivity contribution in [2.24, 2.45) is 0 Å². The molecule has 0 saturated carbocycles. The summed E-state index contributed by atoms with van der Waals surface area (Å²) in [6, 6.07) is 8.45. The van der Waals surface area contributed by atoms with Crippen LogP contribution in [0.15, 0.2) is 42.2 Å². The summed E-state index contributed by atoms with van der Waals surface area (Å²) in [6.07, 6.45) is 0. The van der Waals surface area contributed by atoms with Gasteiger partial charge in [0, 0.05) is 17.9 Å². The molecule has 32 heavy (non-hydrogen) atoms. The van der Waals surface area contributed by atoms with E-state index < -0.39 is 0 Å². The van der Waals surface area contributed by atoms with E-state index in [0.29, 0.717) is 19.8 Å². The molecule has 2 aromatic carbocycles. The van der Waals surface area contributed by atoms with Crippen LogP contribution in [-0.2, 0) is 10.2 Å². The predicted molar refractivity (Wildman–Crippen MR) is 158 cm³/mol. The van der Waals surface area contributed by atoms with Crippen molar-refractivity contribution >= 4 is 112 Å². The molecule has 3 nitrogen and oxygen atoms in total. The van der Waals surface area contributed by atoms with Crippen LogP contribution in [0.5, 0.6) is 11.5 Å². The van der Waals surface area contributed by atoms with Crippen molar-refractivity contribution in [2.75, 3.05) is 32.3 Å². The highest BCUT2D eigenvalue weighted by Crippen LogP contribution is 2.44. The zero-order valence-corrected chi connectivity index (χ0v) is 28.8. The van der Waals surface area contributed by atoms with Crippen molar-refractivity contribution < 1.29 is 14.2 Å². The predicted octanol–water partition coefficient (Wildman–Crippen LogP) is 9.39. The number of rotatable bonds is 11. The minimum atomic E-state index is -0.269. The van der Waals surface area contributed by atoms with Gasteiger partial charge in [0.2, 0.25) is 0 Å². The molecule has 2 rings (SSSR count). The zero-order valence-electron chi connectivity index (χ0n) is 17.7. The van der Waals surface area contributed by atoms with Gasteiger partial charge in [0.05, 0.1) is 34.2 Å². The molecule has 0 amide bonds. The smallest absolute Gasteiger partial charge is 0.147 e. The molecule has 0 aliphatic heterocycles. The van der Waals surface area contributed by atoms with Gasteiger partial charge in [-0.15, -0.1) is 0 Å². The first-order valence-electron chi connectivity index (χ1n) is 9.58. The Morgan fingerprint density at radius 1 is 0.719 bits per heavy atom. The second kappa shape index (κ2) is 13.6. The maximum absolute atomic E-state index is 6.01. The second-order valence-corrected chi connectivity index (χ2v) is 14.2. The van der Waals surface area contributed by atoms with Gasteiger partial charge in [-0.2, -0.15) is 0 Å². The van der Waals surface area contributed by atoms with Crippen molar-refractivity contribution in [2.45, 2.75) is 28.9 Å². The third-order valence-corrected chi connectivity index (χ3v) is 9.90. The topological polar surface area (TPSA) is 27.7 Å². The lowest BCUT2D eigenvalue weighted by Crippen LogP contribution is -2.20. The average Bonchev–Trinajstić information content (AvgIpc) is 2.72. The molecule has 178 valence electrons. The molecule has 10 heteroatoms. The Morgan fingerprint density at radius 3 is 1.44 bits per heavy atom. The Morgan fingerprint density at radius 2 is 1.09 bits per heavy atom. The van der Waals surface area contributed by atoms with Gasteiger partial charge in [-0.3, -0.25) is 0 Å². The SMILES string of the molecule is COCC(Br)COc1c(Br)cc(C(C)(C)c2cc(Br)c(OCC(Br)CBr)c(Br)c2)cc1Br. The summed E-state index contributed by atoms with van der Waals surface area (Å²) in [5.41, 5.74) is 2.02. The molecule has 0 saturated heterocycles. The van der Waals surface area contributed by atoms with Crippen molar-refractivity contribution in [1.29, 1.82) is 0 Å². The molecule has 2 atom stereocenters. The quantitative estimate of drug-likeness (QED) is 0.211. The Balaban J connectivity index is 2.31. The normalized spacial score (nSPS) is 13.7. The van der Waals surface area contributed by atoms with E-state index >= 15 is 0 Å². The number of benzene rings is 2. The van der Waals surface area contributed by atoms with E-state index in [9.17, 15) is 0 Å². The van der Waals surface area contributed by atoms with Crippen LogP contribution in [0.4, 0.5) is 0 Å². The molecular formula is C22H23Br7O3. The molecular weight excluding hydrogens is 872 g/mol. The van der Waals surface area contributed by atoms with Gasteiger partial charge in [0.25, 0.3) is 0 Å². The summed E-state index contributed by atoms with van der Waals surface area (Å²) in [5, 5.41) is 0.819. The zero-order chi connectivity index (χ0) is 24.1. The number of halogens is 7. The van der Waals surface area contributed by atoms with E-state index in [1.165, 1.54) is 0 Å². The fourth-order valence-electron chi connectivity index (χ4n) is 2.90. The van der Waals surface area contributed by atoms with Crippen LogP contribution in [0.2, 0.25) is 0 Å². The molecule has 0 aromatic heterocycles. The average molecular weight is 895 g/mol. The Labute approximate surface area is 249 Å². The van der Waals surface area contributed by atoms with Crippen LogP contribution in [0.3, 0.4) is 0 Å². The van der Waals surface area contributed by atoms with Crippen LogP contribution >= 0.6 is 112 Å². The summed E-state index contributed by atoms with van der Waals surface area (Å²) in [4.78, 5) is 0.356. The lowest BCUT2D eigenvalue weighted by molar-refractivity contribution is 0.179. The monoisotopic (exact) mass is 888 g/mol. The minimum Gasteiger partial charge on any atom is -0.490 e. The van der Waals surface area contributed by atoms with Gasteiger partial charge in [0.15, 0.2) is 0 Å². The third kappa shape index (κ3) is 7.93. The maximum atomic E-state index is 6.01. The molecule has 0 fully saturated rings. The van der Waals surface area contributed by atoms with E-state index in [-0.39, 0.29) is 15.1 Å². The largest absolute Gasteiger partial charge is 0.490 e. The Bertz CT molecular complexity index is 874. The fourth-order valence-corrected chi connectivity index (χ4v) is 6.45. The number of hydrogen-bond donors (Lipinski definition) is 0. The lowest BCUT2D eigenvalue weighted by Gasteiger charge is -2.28. The first-order valence-corrected chi connectivity index (χ1v) is 15.7. The number of alkyl halides is 3. The van der Waals surface area contributed by atoms with Crippen LogP contribution < -0.4 is 9.47 Å². The van der Waals surface area contributed by atoms with Crippen molar-refractivity contribution in [3.05, 3.63) is 53.3 Å². The van der Waals surface area contributed by atoms with Crippen LogP contribution in [-0.4, -0.2) is 41.9 Å². The summed E-state index contributed by atoms with van der Waals surface area (Å²) < 4.78 is 20.8. The number of ether oxygens (including phenoxy) is 3. The molecule has 0 aliphatic rings. The standard InChI is InChI=1S/C22H23Br7O3/c1-22(2,12-4-16(26)20(17(27)5-12)31-10-14(24)8-23)13-6-18(28)21(19(29)7-13)32-11-15(25)9-30-3/h4-7,14-15H,8-11H2,1-3H3. The van der Waals surface area contributed by atoms with Crippen molar-refractivity contribution in [3.8, 4) is 11.5 Å². The van der Waals surface area contributed by atoms with Crippen LogP contribution in [0, 0.1) is 0 Å². The van der Waals surface area contributed by atoms with Gasteiger partial charge in [-0.1, -0.05) is 61.6 Å². The third-order valence-electron chi connectivity index (χ3n) is 4.77. The first kappa shape index (κ1) is 29.6. The van der Waals surface area contributed by atoms with Crippen molar-refractivity contribution in [1.82, 2.24) is 0 Å². The minimum absolute atomic E-state index is 0.118. The number of hydrogen-bond acceptors (Lipinski definition) is 3. The summed E-state index contributed by atoms with van der Waals surface area (Å²) in [7, 11) is 1.67. The van der Waals surface area contributed by atoms with Crippen LogP contribution in [0.25, 0.3) is 0 Å². The van der Waals surface area contributed by atoms with Gasteiger partial charge in [0.1, 0.15) is 24.7 Å². The lowest BCUT2D eigenvalue weighted by atomic mass is 9.78. The second-order valence-electron chi connectivity index (χ2n) is 7.59. The molecule has 2 aromatic rings. The molecule has 0 radical (unpaired) electrons. The summed E-state index contributed by atoms with van der Waals surface area (Å²) >= 11 is 25.3. The maximum Gasteiger partial charge on any atom is 0.147 e. The highest BCUT2D eigenvalue weighted by atomic mass is 79.9. The summed E-state index contributed by atoms with van der Waals surface area (Å²) in [6.45, 7) is 6.04.